The monoisotopic (exact) mass is 499 g/mol. The van der Waals surface area contributed by atoms with Crippen LogP contribution in [0.5, 0.6) is 5.75 Å². The molecule has 3 heterocycles. The number of hydrogen-bond donors (Lipinski definition) is 0. The Morgan fingerprint density at radius 3 is 2.53 bits per heavy atom. The first-order valence-corrected chi connectivity index (χ1v) is 11.8. The summed E-state index contributed by atoms with van der Waals surface area (Å²) in [6.45, 7) is 1.89. The van der Waals surface area contributed by atoms with E-state index in [1.807, 2.05) is 35.9 Å². The van der Waals surface area contributed by atoms with Crippen molar-refractivity contribution in [3.05, 3.63) is 82.7 Å². The minimum atomic E-state index is -1.59. The van der Waals surface area contributed by atoms with Gasteiger partial charge in [0, 0.05) is 24.2 Å². The average Bonchev–Trinajstić information content (AvgIpc) is 3.29. The zero-order chi connectivity index (χ0) is 25.6. The van der Waals surface area contributed by atoms with E-state index in [0.717, 1.165) is 29.1 Å². The number of piperidine rings is 2. The maximum absolute atomic E-state index is 14.6. The van der Waals surface area contributed by atoms with Gasteiger partial charge < -0.3 is 14.2 Å². The molecule has 0 saturated carbocycles. The lowest BCUT2D eigenvalue weighted by Crippen LogP contribution is -2.51. The number of halogens is 4. The van der Waals surface area contributed by atoms with Gasteiger partial charge in [-0.25, -0.2) is 22.5 Å². The zero-order valence-corrected chi connectivity index (χ0v) is 19.8. The lowest BCUT2D eigenvalue weighted by molar-refractivity contribution is -0.138. The first-order chi connectivity index (χ1) is 17.2. The number of rotatable bonds is 4. The maximum atomic E-state index is 14.6. The number of hydrogen-bond acceptors (Lipinski definition) is 3. The Hall–Kier alpha value is -3.62. The highest BCUT2D eigenvalue weighted by atomic mass is 19.2. The fourth-order valence-electron chi connectivity index (χ4n) is 5.22. The van der Waals surface area contributed by atoms with Gasteiger partial charge in [-0.3, -0.25) is 4.79 Å². The van der Waals surface area contributed by atoms with Gasteiger partial charge >= 0.3 is 0 Å². The Morgan fingerprint density at radius 1 is 1.11 bits per heavy atom. The molecular formula is C27H25F4N3O2. The van der Waals surface area contributed by atoms with Crippen LogP contribution in [0.4, 0.5) is 17.6 Å². The number of nitrogens with zero attached hydrogens (tertiary/aromatic N) is 3. The fraction of sp³-hybridized carbons (Fsp3) is 0.333. The number of carbonyl (C=O) groups is 1. The van der Waals surface area contributed by atoms with Gasteiger partial charge in [0.25, 0.3) is 5.91 Å². The number of benzene rings is 2. The molecule has 3 atom stereocenters. The molecule has 2 fully saturated rings. The third kappa shape index (κ3) is 4.38. The second kappa shape index (κ2) is 9.44. The van der Waals surface area contributed by atoms with Crippen LogP contribution in [0, 0.1) is 24.4 Å². The summed E-state index contributed by atoms with van der Waals surface area (Å²) in [7, 11) is 1.56. The molecule has 5 rings (SSSR count). The highest BCUT2D eigenvalue weighted by molar-refractivity contribution is 5.99. The number of imidazole rings is 1. The predicted octanol–water partition coefficient (Wildman–Crippen LogP) is 5.85. The number of alkyl halides is 1. The highest BCUT2D eigenvalue weighted by Gasteiger charge is 2.43. The van der Waals surface area contributed by atoms with Crippen molar-refractivity contribution in [2.24, 2.45) is 0 Å². The number of methoxy groups -OCH3 is 1. The van der Waals surface area contributed by atoms with Crippen LogP contribution in [-0.4, -0.2) is 39.7 Å². The third-order valence-corrected chi connectivity index (χ3v) is 6.92. The Bertz CT molecular complexity index is 1330. The summed E-state index contributed by atoms with van der Waals surface area (Å²) >= 11 is 0. The third-order valence-electron chi connectivity index (χ3n) is 6.92. The lowest BCUT2D eigenvalue weighted by Gasteiger charge is -2.46. The Balaban J connectivity index is 1.47. The van der Waals surface area contributed by atoms with Crippen LogP contribution >= 0.6 is 0 Å². The quantitative estimate of drug-likeness (QED) is 0.257. The van der Waals surface area contributed by atoms with E-state index >= 15 is 0 Å². The van der Waals surface area contributed by atoms with E-state index in [1.54, 1.807) is 19.5 Å². The van der Waals surface area contributed by atoms with E-state index in [-0.39, 0.29) is 24.3 Å². The Morgan fingerprint density at radius 2 is 1.86 bits per heavy atom. The van der Waals surface area contributed by atoms with Crippen molar-refractivity contribution in [1.29, 1.82) is 0 Å². The molecule has 188 valence electrons. The molecule has 5 nitrogen and oxygen atoms in total. The summed E-state index contributed by atoms with van der Waals surface area (Å²) in [4.78, 5) is 19.3. The molecule has 0 radical (unpaired) electrons. The van der Waals surface area contributed by atoms with Crippen molar-refractivity contribution in [1.82, 2.24) is 14.5 Å². The molecule has 2 aromatic carbocycles. The fourth-order valence-corrected chi connectivity index (χ4v) is 5.22. The van der Waals surface area contributed by atoms with E-state index in [9.17, 15) is 22.4 Å². The molecule has 36 heavy (non-hydrogen) atoms. The minimum Gasteiger partial charge on any atom is -0.495 e. The number of carbonyl (C=O) groups excluding carboxylic acids is 1. The Labute approximate surface area is 206 Å². The summed E-state index contributed by atoms with van der Waals surface area (Å²) in [6, 6.07) is 5.95. The van der Waals surface area contributed by atoms with Crippen molar-refractivity contribution in [3.63, 3.8) is 0 Å². The number of amides is 1. The average molecular weight is 500 g/mol. The van der Waals surface area contributed by atoms with Crippen LogP contribution in [0.15, 0.2) is 48.4 Å². The van der Waals surface area contributed by atoms with Crippen molar-refractivity contribution in [3.8, 4) is 11.4 Å². The molecule has 0 N–H and O–H groups in total. The molecule has 9 heteroatoms. The summed E-state index contributed by atoms with van der Waals surface area (Å²) in [6.07, 6.45) is 5.10. The number of fused-ring (bicyclic) bond motifs is 1. The van der Waals surface area contributed by atoms with E-state index in [0.29, 0.717) is 24.2 Å². The van der Waals surface area contributed by atoms with Gasteiger partial charge in [0.2, 0.25) is 0 Å². The van der Waals surface area contributed by atoms with E-state index < -0.39 is 35.7 Å². The normalized spacial score (nSPS) is 23.2. The molecular weight excluding hydrogens is 474 g/mol. The number of aromatic nitrogens is 2. The van der Waals surface area contributed by atoms with Crippen molar-refractivity contribution < 1.29 is 27.1 Å². The van der Waals surface area contributed by atoms with Crippen LogP contribution in [0.1, 0.15) is 48.5 Å². The number of ether oxygens (including phenoxy) is 1. The molecule has 0 spiro atoms. The molecule has 2 aliphatic heterocycles. The molecule has 0 aliphatic carbocycles. The molecule has 2 aliphatic rings. The van der Waals surface area contributed by atoms with E-state index in [1.165, 1.54) is 4.90 Å². The summed E-state index contributed by atoms with van der Waals surface area (Å²) in [5, 5.41) is 0. The summed E-state index contributed by atoms with van der Waals surface area (Å²) in [5.74, 6) is -4.03. The van der Waals surface area contributed by atoms with Crippen molar-refractivity contribution in [2.75, 3.05) is 7.11 Å². The van der Waals surface area contributed by atoms with Gasteiger partial charge in [-0.05, 0) is 67.7 Å². The maximum Gasteiger partial charge on any atom is 0.250 e. The van der Waals surface area contributed by atoms with Crippen LogP contribution in [0.2, 0.25) is 0 Å². The van der Waals surface area contributed by atoms with Gasteiger partial charge in [0.1, 0.15) is 11.9 Å². The van der Waals surface area contributed by atoms with Gasteiger partial charge in [-0.2, -0.15) is 0 Å². The topological polar surface area (TPSA) is 47.4 Å². The van der Waals surface area contributed by atoms with Crippen LogP contribution in [0.3, 0.4) is 0 Å². The van der Waals surface area contributed by atoms with Crippen LogP contribution < -0.4 is 4.74 Å². The molecule has 2 saturated heterocycles. The number of aryl methyl sites for hydroxylation is 1. The first kappa shape index (κ1) is 24.1. The largest absolute Gasteiger partial charge is 0.495 e. The second-order valence-corrected chi connectivity index (χ2v) is 9.31. The van der Waals surface area contributed by atoms with Crippen LogP contribution in [-0.2, 0) is 4.79 Å². The first-order valence-electron chi connectivity index (χ1n) is 11.8. The Kier molecular flexibility index (Phi) is 6.32. The molecule has 3 aromatic rings. The predicted molar refractivity (Wildman–Crippen MR) is 126 cm³/mol. The molecule has 0 bridgehead atoms. The van der Waals surface area contributed by atoms with Crippen molar-refractivity contribution in [2.45, 2.75) is 50.9 Å². The minimum absolute atomic E-state index is 0.0509. The lowest BCUT2D eigenvalue weighted by atomic mass is 9.83. The van der Waals surface area contributed by atoms with E-state index in [2.05, 4.69) is 4.98 Å². The molecule has 1 aromatic heterocycles. The standard InChI is InChI=1S/C27H25F4N3O2/c1-15-13-33(14-32-15)23-6-3-16(8-25(23)36-2)7-17-4-5-20-11-19(28)12-24(34(20)27(17)35)18-9-21(29)26(31)22(30)10-18/h3,6-10,13-14,19-20,24H,4-5,11-12H2,1-2H3/b17-7+/t19-,20-,24+/m1/s1. The SMILES string of the molecule is COc1cc(/C=C2\CC[C@@H]3C[C@@H](F)C[C@@H](c4cc(F)c(F)c(F)c4)N3C2=O)ccc1-n1cnc(C)c1. The van der Waals surface area contributed by atoms with Gasteiger partial charge in [-0.15, -0.1) is 0 Å². The smallest absolute Gasteiger partial charge is 0.250 e. The summed E-state index contributed by atoms with van der Waals surface area (Å²) in [5.41, 5.74) is 2.95. The van der Waals surface area contributed by atoms with Gasteiger partial charge in [0.05, 0.1) is 30.9 Å². The highest BCUT2D eigenvalue weighted by Crippen LogP contribution is 2.42. The molecule has 1 amide bonds. The van der Waals surface area contributed by atoms with Gasteiger partial charge in [-0.1, -0.05) is 6.07 Å². The summed E-state index contributed by atoms with van der Waals surface area (Å²) < 4.78 is 63.4. The van der Waals surface area contributed by atoms with Gasteiger partial charge in [0.15, 0.2) is 17.5 Å². The second-order valence-electron chi connectivity index (χ2n) is 9.31. The molecule has 0 unspecified atom stereocenters. The van der Waals surface area contributed by atoms with Crippen molar-refractivity contribution >= 4 is 12.0 Å². The van der Waals surface area contributed by atoms with Crippen LogP contribution in [0.25, 0.3) is 11.8 Å². The zero-order valence-electron chi connectivity index (χ0n) is 19.8. The van der Waals surface area contributed by atoms with E-state index in [4.69, 9.17) is 4.74 Å².